The van der Waals surface area contributed by atoms with E-state index in [1.54, 1.807) is 4.68 Å². The van der Waals surface area contributed by atoms with Gasteiger partial charge in [-0.2, -0.15) is 5.10 Å². The molecular weight excluding hydrogens is 244 g/mol. The quantitative estimate of drug-likeness (QED) is 0.892. The number of carboxylic acid groups (broad SMARTS) is 1. The van der Waals surface area contributed by atoms with Crippen LogP contribution >= 0.6 is 0 Å². The zero-order chi connectivity index (χ0) is 14.2. The molecule has 1 aromatic heterocycles. The van der Waals surface area contributed by atoms with Crippen LogP contribution in [-0.2, 0) is 22.0 Å². The van der Waals surface area contributed by atoms with E-state index in [4.69, 9.17) is 4.74 Å². The van der Waals surface area contributed by atoms with Crippen LogP contribution in [0.5, 0.6) is 0 Å². The van der Waals surface area contributed by atoms with Gasteiger partial charge in [0.15, 0.2) is 0 Å². The summed E-state index contributed by atoms with van der Waals surface area (Å²) in [6.07, 6.45) is 2.98. The van der Waals surface area contributed by atoms with Gasteiger partial charge in [-0.15, -0.1) is 0 Å². The van der Waals surface area contributed by atoms with Crippen molar-refractivity contribution in [3.8, 4) is 0 Å². The molecule has 5 heteroatoms. The van der Waals surface area contributed by atoms with E-state index in [1.165, 1.54) is 0 Å². The second kappa shape index (κ2) is 4.96. The van der Waals surface area contributed by atoms with Crippen molar-refractivity contribution in [3.05, 3.63) is 17.5 Å². The first-order chi connectivity index (χ1) is 8.80. The molecule has 0 amide bonds. The number of aryl methyl sites for hydroxylation is 1. The number of aliphatic carboxylic acids is 1. The minimum Gasteiger partial charge on any atom is -0.481 e. The summed E-state index contributed by atoms with van der Waals surface area (Å²) in [6, 6.07) is 0. The molecule has 1 aliphatic heterocycles. The lowest BCUT2D eigenvalue weighted by Gasteiger charge is -2.30. The fourth-order valence-corrected chi connectivity index (χ4v) is 2.64. The van der Waals surface area contributed by atoms with Gasteiger partial charge in [0.25, 0.3) is 0 Å². The summed E-state index contributed by atoms with van der Waals surface area (Å²) in [5.74, 6) is -1.26. The minimum atomic E-state index is -0.784. The Bertz CT molecular complexity index is 474. The van der Waals surface area contributed by atoms with Gasteiger partial charge in [-0.05, 0) is 12.8 Å². The summed E-state index contributed by atoms with van der Waals surface area (Å²) >= 11 is 0. The monoisotopic (exact) mass is 266 g/mol. The van der Waals surface area contributed by atoms with Gasteiger partial charge in [0.1, 0.15) is 0 Å². The number of carbonyl (C=O) groups is 1. The molecule has 0 spiro atoms. The molecule has 0 aliphatic carbocycles. The van der Waals surface area contributed by atoms with E-state index in [-0.39, 0.29) is 11.5 Å². The molecule has 19 heavy (non-hydrogen) atoms. The fourth-order valence-electron chi connectivity index (χ4n) is 2.64. The van der Waals surface area contributed by atoms with Crippen LogP contribution in [0.25, 0.3) is 0 Å². The van der Waals surface area contributed by atoms with Crippen LogP contribution in [0, 0.1) is 5.92 Å². The molecule has 2 unspecified atom stereocenters. The van der Waals surface area contributed by atoms with Crippen molar-refractivity contribution in [2.24, 2.45) is 13.0 Å². The summed E-state index contributed by atoms with van der Waals surface area (Å²) in [5.41, 5.74) is 1.72. The number of hydrogen-bond acceptors (Lipinski definition) is 3. The Kier molecular flexibility index (Phi) is 3.67. The molecular formula is C14H22N2O3. The number of carboxylic acids is 1. The standard InChI is InChI=1S/C14H22N2O3/c1-14(2,3)12-10(8-16(4)15-12)11-9(13(17)18)6-5-7-19-11/h8-9,11H,5-7H2,1-4H3,(H,17,18). The van der Waals surface area contributed by atoms with Crippen LogP contribution in [0.15, 0.2) is 6.20 Å². The first kappa shape index (κ1) is 14.1. The highest BCUT2D eigenvalue weighted by Crippen LogP contribution is 2.38. The maximum absolute atomic E-state index is 11.4. The average Bonchev–Trinajstić information content (AvgIpc) is 2.71. The van der Waals surface area contributed by atoms with Crippen LogP contribution in [0.1, 0.15) is 51.0 Å². The van der Waals surface area contributed by atoms with Gasteiger partial charge in [0.05, 0.1) is 17.7 Å². The first-order valence-corrected chi connectivity index (χ1v) is 6.69. The van der Waals surface area contributed by atoms with Crippen molar-refractivity contribution in [3.63, 3.8) is 0 Å². The smallest absolute Gasteiger partial charge is 0.309 e. The van der Waals surface area contributed by atoms with E-state index in [0.717, 1.165) is 17.7 Å². The molecule has 2 heterocycles. The van der Waals surface area contributed by atoms with E-state index in [2.05, 4.69) is 25.9 Å². The molecule has 1 saturated heterocycles. The molecule has 1 aliphatic rings. The Morgan fingerprint density at radius 3 is 2.79 bits per heavy atom. The number of aromatic nitrogens is 2. The molecule has 0 bridgehead atoms. The largest absolute Gasteiger partial charge is 0.481 e. The number of nitrogens with zero attached hydrogens (tertiary/aromatic N) is 2. The molecule has 1 fully saturated rings. The molecule has 0 aromatic carbocycles. The van der Waals surface area contributed by atoms with Gasteiger partial charge in [0.2, 0.25) is 0 Å². The lowest BCUT2D eigenvalue weighted by molar-refractivity contribution is -0.152. The minimum absolute atomic E-state index is 0.125. The van der Waals surface area contributed by atoms with E-state index in [1.807, 2.05) is 13.2 Å². The molecule has 5 nitrogen and oxygen atoms in total. The van der Waals surface area contributed by atoms with Crippen molar-refractivity contribution in [2.75, 3.05) is 6.61 Å². The Hall–Kier alpha value is -1.36. The molecule has 1 aromatic rings. The summed E-state index contributed by atoms with van der Waals surface area (Å²) < 4.78 is 7.50. The van der Waals surface area contributed by atoms with E-state index in [0.29, 0.717) is 13.0 Å². The fraction of sp³-hybridized carbons (Fsp3) is 0.714. The van der Waals surface area contributed by atoms with E-state index in [9.17, 15) is 9.90 Å². The van der Waals surface area contributed by atoms with Crippen LogP contribution in [0.2, 0.25) is 0 Å². The Labute approximate surface area is 113 Å². The average molecular weight is 266 g/mol. The Balaban J connectivity index is 2.42. The van der Waals surface area contributed by atoms with Crippen LogP contribution < -0.4 is 0 Å². The molecule has 0 radical (unpaired) electrons. The molecule has 2 rings (SSSR count). The second-order valence-electron chi connectivity index (χ2n) is 6.24. The highest BCUT2D eigenvalue weighted by atomic mass is 16.5. The molecule has 0 saturated carbocycles. The number of hydrogen-bond donors (Lipinski definition) is 1. The summed E-state index contributed by atoms with van der Waals surface area (Å²) in [5, 5.41) is 13.9. The van der Waals surface area contributed by atoms with Crippen molar-refractivity contribution in [1.82, 2.24) is 9.78 Å². The zero-order valence-corrected chi connectivity index (χ0v) is 12.0. The third-order valence-corrected chi connectivity index (χ3v) is 3.51. The topological polar surface area (TPSA) is 64.3 Å². The summed E-state index contributed by atoms with van der Waals surface area (Å²) in [4.78, 5) is 11.4. The maximum atomic E-state index is 11.4. The zero-order valence-electron chi connectivity index (χ0n) is 12.0. The predicted octanol–water partition coefficient (Wildman–Crippen LogP) is 2.27. The summed E-state index contributed by atoms with van der Waals surface area (Å²) in [7, 11) is 1.86. The lowest BCUT2D eigenvalue weighted by atomic mass is 9.83. The predicted molar refractivity (Wildman–Crippen MR) is 71.0 cm³/mol. The highest BCUT2D eigenvalue weighted by Gasteiger charge is 2.37. The number of ether oxygens (including phenoxy) is 1. The maximum Gasteiger partial charge on any atom is 0.309 e. The normalized spacial score (nSPS) is 24.4. The van der Waals surface area contributed by atoms with Crippen LogP contribution in [-0.4, -0.2) is 27.5 Å². The van der Waals surface area contributed by atoms with Crippen molar-refractivity contribution < 1.29 is 14.6 Å². The van der Waals surface area contributed by atoms with Crippen molar-refractivity contribution in [2.45, 2.75) is 45.1 Å². The van der Waals surface area contributed by atoms with Gasteiger partial charge in [-0.1, -0.05) is 20.8 Å². The molecule has 2 atom stereocenters. The molecule has 106 valence electrons. The van der Waals surface area contributed by atoms with Crippen molar-refractivity contribution in [1.29, 1.82) is 0 Å². The first-order valence-electron chi connectivity index (χ1n) is 6.69. The number of rotatable bonds is 2. The van der Waals surface area contributed by atoms with Gasteiger partial charge in [-0.25, -0.2) is 0 Å². The van der Waals surface area contributed by atoms with Crippen LogP contribution in [0.3, 0.4) is 0 Å². The van der Waals surface area contributed by atoms with Gasteiger partial charge < -0.3 is 9.84 Å². The van der Waals surface area contributed by atoms with Gasteiger partial charge >= 0.3 is 5.97 Å². The van der Waals surface area contributed by atoms with Crippen LogP contribution in [0.4, 0.5) is 0 Å². The lowest BCUT2D eigenvalue weighted by Crippen LogP contribution is -2.30. The van der Waals surface area contributed by atoms with Gasteiger partial charge in [-0.3, -0.25) is 9.48 Å². The SMILES string of the molecule is Cn1cc(C2OCCCC2C(=O)O)c(C(C)(C)C)n1. The van der Waals surface area contributed by atoms with Crippen molar-refractivity contribution >= 4 is 5.97 Å². The Morgan fingerprint density at radius 2 is 2.21 bits per heavy atom. The van der Waals surface area contributed by atoms with E-state index >= 15 is 0 Å². The second-order valence-corrected chi connectivity index (χ2v) is 6.24. The molecule has 1 N–H and O–H groups in total. The van der Waals surface area contributed by atoms with Gasteiger partial charge in [0, 0.05) is 30.8 Å². The highest BCUT2D eigenvalue weighted by molar-refractivity contribution is 5.71. The Morgan fingerprint density at radius 1 is 1.53 bits per heavy atom. The summed E-state index contributed by atoms with van der Waals surface area (Å²) in [6.45, 7) is 6.86. The third kappa shape index (κ3) is 2.81. The third-order valence-electron chi connectivity index (χ3n) is 3.51. The van der Waals surface area contributed by atoms with E-state index < -0.39 is 11.9 Å².